The molecule has 1 aromatic rings. The van der Waals surface area contributed by atoms with E-state index in [0.29, 0.717) is 11.6 Å². The number of imide groups is 1. The number of nitrogen functional groups attached to an aromatic ring is 1. The largest absolute Gasteiger partial charge is 0.452 e. The zero-order valence-corrected chi connectivity index (χ0v) is 13.1. The number of nitrogens with two attached hydrogens (primary N) is 1. The summed E-state index contributed by atoms with van der Waals surface area (Å²) in [5.41, 5.74) is 5.87. The van der Waals surface area contributed by atoms with Crippen LogP contribution in [0, 0.1) is 5.92 Å². The second-order valence-corrected chi connectivity index (χ2v) is 5.40. The Labute approximate surface area is 133 Å². The van der Waals surface area contributed by atoms with Crippen LogP contribution < -0.4 is 16.4 Å². The first kappa shape index (κ1) is 17.8. The summed E-state index contributed by atoms with van der Waals surface area (Å²) in [7, 11) is 0. The third-order valence-corrected chi connectivity index (χ3v) is 2.73. The van der Waals surface area contributed by atoms with Crippen LogP contribution in [0.15, 0.2) is 18.2 Å². The molecule has 0 saturated carbocycles. The Balaban J connectivity index is 2.43. The van der Waals surface area contributed by atoms with Crippen LogP contribution in [0.5, 0.6) is 0 Å². The number of urea groups is 1. The van der Waals surface area contributed by atoms with Gasteiger partial charge >= 0.3 is 12.0 Å². The highest BCUT2D eigenvalue weighted by Gasteiger charge is 2.14. The minimum Gasteiger partial charge on any atom is -0.452 e. The number of amides is 3. The number of anilines is 1. The van der Waals surface area contributed by atoms with Crippen LogP contribution in [0.4, 0.5) is 10.5 Å². The number of rotatable bonds is 5. The molecule has 0 spiro atoms. The predicted octanol–water partition coefficient (Wildman–Crippen LogP) is 1.56. The molecule has 0 aliphatic rings. The molecule has 0 aliphatic carbocycles. The van der Waals surface area contributed by atoms with Gasteiger partial charge in [-0.2, -0.15) is 0 Å². The van der Waals surface area contributed by atoms with Gasteiger partial charge in [0.25, 0.3) is 5.91 Å². The molecule has 0 bridgehead atoms. The van der Waals surface area contributed by atoms with Gasteiger partial charge in [-0.25, -0.2) is 9.59 Å². The van der Waals surface area contributed by atoms with Gasteiger partial charge in [0.2, 0.25) is 0 Å². The van der Waals surface area contributed by atoms with Crippen molar-refractivity contribution in [1.82, 2.24) is 10.6 Å². The van der Waals surface area contributed by atoms with Crippen molar-refractivity contribution in [3.8, 4) is 0 Å². The number of halogens is 1. The van der Waals surface area contributed by atoms with Crippen molar-refractivity contribution in [2.45, 2.75) is 13.8 Å². The monoisotopic (exact) mass is 327 g/mol. The molecule has 0 unspecified atom stereocenters. The predicted molar refractivity (Wildman–Crippen MR) is 82.5 cm³/mol. The van der Waals surface area contributed by atoms with Gasteiger partial charge in [-0.3, -0.25) is 10.1 Å². The van der Waals surface area contributed by atoms with Crippen molar-refractivity contribution in [2.24, 2.45) is 5.92 Å². The summed E-state index contributed by atoms with van der Waals surface area (Å²) in [6.07, 6.45) is 0. The van der Waals surface area contributed by atoms with Crippen LogP contribution >= 0.6 is 11.6 Å². The highest BCUT2D eigenvalue weighted by atomic mass is 35.5. The highest BCUT2D eigenvalue weighted by molar-refractivity contribution is 6.31. The fourth-order valence-corrected chi connectivity index (χ4v) is 1.61. The number of hydrogen-bond donors (Lipinski definition) is 3. The summed E-state index contributed by atoms with van der Waals surface area (Å²) >= 11 is 5.72. The maximum absolute atomic E-state index is 11.8. The van der Waals surface area contributed by atoms with Gasteiger partial charge in [0, 0.05) is 17.3 Å². The molecule has 1 aromatic carbocycles. The molecule has 0 radical (unpaired) electrons. The van der Waals surface area contributed by atoms with Crippen LogP contribution in [0.25, 0.3) is 0 Å². The first-order valence-corrected chi connectivity index (χ1v) is 6.97. The Morgan fingerprint density at radius 1 is 1.32 bits per heavy atom. The molecule has 0 aromatic heterocycles. The third-order valence-electron chi connectivity index (χ3n) is 2.49. The van der Waals surface area contributed by atoms with Gasteiger partial charge in [-0.1, -0.05) is 25.4 Å². The van der Waals surface area contributed by atoms with Gasteiger partial charge in [-0.15, -0.1) is 0 Å². The molecule has 0 atom stereocenters. The molecule has 8 heteroatoms. The number of esters is 1. The molecule has 0 fully saturated rings. The maximum Gasteiger partial charge on any atom is 0.340 e. The topological polar surface area (TPSA) is 111 Å². The lowest BCUT2D eigenvalue weighted by Crippen LogP contribution is -2.42. The van der Waals surface area contributed by atoms with Gasteiger partial charge in [0.15, 0.2) is 6.61 Å². The van der Waals surface area contributed by atoms with Crippen molar-refractivity contribution in [3.05, 3.63) is 28.8 Å². The molecular weight excluding hydrogens is 310 g/mol. The number of ether oxygens (including phenoxy) is 1. The first-order valence-electron chi connectivity index (χ1n) is 6.59. The van der Waals surface area contributed by atoms with Crippen LogP contribution in [-0.2, 0) is 9.53 Å². The molecule has 0 aliphatic heterocycles. The van der Waals surface area contributed by atoms with E-state index < -0.39 is 24.5 Å². The molecule has 4 N–H and O–H groups in total. The Hall–Kier alpha value is -2.28. The van der Waals surface area contributed by atoms with E-state index >= 15 is 0 Å². The normalized spacial score (nSPS) is 10.2. The SMILES string of the molecule is CC(C)CNC(=O)NC(=O)COC(=O)c1ccc(Cl)cc1N. The van der Waals surface area contributed by atoms with Crippen molar-refractivity contribution >= 4 is 35.2 Å². The molecule has 0 saturated heterocycles. The molecule has 0 heterocycles. The number of carbonyl (C=O) groups excluding carboxylic acids is 3. The Kier molecular flexibility index (Phi) is 6.65. The standard InChI is InChI=1S/C14H18ClN3O4/c1-8(2)6-17-14(21)18-12(19)7-22-13(20)10-4-3-9(15)5-11(10)16/h3-5,8H,6-7,16H2,1-2H3,(H2,17,18,19,21). The fourth-order valence-electron chi connectivity index (χ4n) is 1.43. The minimum absolute atomic E-state index is 0.0986. The summed E-state index contributed by atoms with van der Waals surface area (Å²) in [5.74, 6) is -1.25. The van der Waals surface area contributed by atoms with Gasteiger partial charge in [0.1, 0.15) is 0 Å². The second-order valence-electron chi connectivity index (χ2n) is 4.96. The number of nitrogens with one attached hydrogen (secondary N) is 2. The van der Waals surface area contributed by atoms with E-state index in [2.05, 4.69) is 5.32 Å². The minimum atomic E-state index is -0.771. The van der Waals surface area contributed by atoms with E-state index in [1.54, 1.807) is 0 Å². The Bertz CT molecular complexity index is 575. The lowest BCUT2D eigenvalue weighted by Gasteiger charge is -2.09. The van der Waals surface area contributed by atoms with Crippen LogP contribution in [0.2, 0.25) is 5.02 Å². The Morgan fingerprint density at radius 2 is 2.00 bits per heavy atom. The summed E-state index contributed by atoms with van der Waals surface area (Å²) in [6.45, 7) is 3.68. The number of carbonyl (C=O) groups is 3. The Morgan fingerprint density at radius 3 is 2.59 bits per heavy atom. The summed E-state index contributed by atoms with van der Waals surface area (Å²) in [6, 6.07) is 3.64. The van der Waals surface area contributed by atoms with Gasteiger partial charge in [-0.05, 0) is 24.1 Å². The van der Waals surface area contributed by atoms with Gasteiger partial charge < -0.3 is 15.8 Å². The average Bonchev–Trinajstić information content (AvgIpc) is 2.42. The van der Waals surface area contributed by atoms with Crippen LogP contribution in [0.1, 0.15) is 24.2 Å². The smallest absolute Gasteiger partial charge is 0.340 e. The van der Waals surface area contributed by atoms with Crippen LogP contribution in [-0.4, -0.2) is 31.1 Å². The van der Waals surface area contributed by atoms with Crippen molar-refractivity contribution in [3.63, 3.8) is 0 Å². The maximum atomic E-state index is 11.8. The van der Waals surface area contributed by atoms with Crippen LogP contribution in [0.3, 0.4) is 0 Å². The van der Waals surface area contributed by atoms with Crippen molar-refractivity contribution in [1.29, 1.82) is 0 Å². The second kappa shape index (κ2) is 8.23. The van der Waals surface area contributed by atoms with Crippen molar-refractivity contribution < 1.29 is 19.1 Å². The highest BCUT2D eigenvalue weighted by Crippen LogP contribution is 2.18. The molecule has 120 valence electrons. The van der Waals surface area contributed by atoms with E-state index in [9.17, 15) is 14.4 Å². The molecule has 3 amide bonds. The fraction of sp³-hybridized carbons (Fsp3) is 0.357. The molecule has 22 heavy (non-hydrogen) atoms. The quantitative estimate of drug-likeness (QED) is 0.561. The first-order chi connectivity index (χ1) is 10.3. The number of hydrogen-bond acceptors (Lipinski definition) is 5. The molecular formula is C14H18ClN3O4. The molecule has 7 nitrogen and oxygen atoms in total. The molecule has 1 rings (SSSR count). The van der Waals surface area contributed by atoms with Gasteiger partial charge in [0.05, 0.1) is 5.56 Å². The third kappa shape index (κ3) is 6.01. The lowest BCUT2D eigenvalue weighted by molar-refractivity contribution is -0.123. The van der Waals surface area contributed by atoms with E-state index in [1.807, 2.05) is 19.2 Å². The lowest BCUT2D eigenvalue weighted by atomic mass is 10.2. The van der Waals surface area contributed by atoms with E-state index in [-0.39, 0.29) is 17.2 Å². The van der Waals surface area contributed by atoms with E-state index in [1.165, 1.54) is 18.2 Å². The summed E-state index contributed by atoms with van der Waals surface area (Å²) in [4.78, 5) is 34.6. The average molecular weight is 328 g/mol. The zero-order chi connectivity index (χ0) is 16.7. The van der Waals surface area contributed by atoms with E-state index in [0.717, 1.165) is 0 Å². The summed E-state index contributed by atoms with van der Waals surface area (Å²) in [5, 5.41) is 4.93. The zero-order valence-electron chi connectivity index (χ0n) is 12.3. The van der Waals surface area contributed by atoms with E-state index in [4.69, 9.17) is 22.1 Å². The summed E-state index contributed by atoms with van der Waals surface area (Å²) < 4.78 is 4.78. The number of benzene rings is 1. The van der Waals surface area contributed by atoms with Crippen molar-refractivity contribution in [2.75, 3.05) is 18.9 Å².